The van der Waals surface area contributed by atoms with E-state index >= 15 is 0 Å². The summed E-state index contributed by atoms with van der Waals surface area (Å²) in [6, 6.07) is 13.4. The second kappa shape index (κ2) is 7.16. The first-order valence-corrected chi connectivity index (χ1v) is 7.17. The summed E-state index contributed by atoms with van der Waals surface area (Å²) in [7, 11) is 0. The molecule has 1 nitrogen and oxygen atoms in total. The van der Waals surface area contributed by atoms with Crippen molar-refractivity contribution in [2.45, 2.75) is 13.0 Å². The molecule has 0 aromatic heterocycles. The summed E-state index contributed by atoms with van der Waals surface area (Å²) in [5, 5.41) is 5.52. The molecule has 0 radical (unpaired) electrons. The molecular formula is C15H14Cl3N. The van der Waals surface area contributed by atoms with Crippen molar-refractivity contribution in [1.82, 2.24) is 5.32 Å². The molecule has 0 aliphatic carbocycles. The first-order chi connectivity index (χ1) is 9.15. The number of rotatable bonds is 5. The molecule has 2 rings (SSSR count). The van der Waals surface area contributed by atoms with E-state index in [1.807, 2.05) is 36.4 Å². The Morgan fingerprint density at radius 2 is 1.68 bits per heavy atom. The third-order valence-electron chi connectivity index (χ3n) is 2.80. The Bertz CT molecular complexity index is 555. The lowest BCUT2D eigenvalue weighted by atomic mass is 10.1. The Morgan fingerprint density at radius 1 is 0.895 bits per heavy atom. The molecule has 2 aromatic rings. The number of halogens is 3. The number of benzene rings is 2. The smallest absolute Gasteiger partial charge is 0.0453 e. The first kappa shape index (κ1) is 14.7. The molecule has 0 fully saturated rings. The van der Waals surface area contributed by atoms with Gasteiger partial charge in [0.05, 0.1) is 0 Å². The summed E-state index contributed by atoms with van der Waals surface area (Å²) in [5.74, 6) is 0. The Labute approximate surface area is 128 Å². The molecule has 100 valence electrons. The van der Waals surface area contributed by atoms with E-state index in [4.69, 9.17) is 34.8 Å². The number of hydrogen-bond acceptors (Lipinski definition) is 1. The third kappa shape index (κ3) is 4.70. The second-order valence-corrected chi connectivity index (χ2v) is 5.57. The highest BCUT2D eigenvalue weighted by atomic mass is 35.5. The Kier molecular flexibility index (Phi) is 5.53. The molecule has 0 saturated carbocycles. The van der Waals surface area contributed by atoms with Gasteiger partial charge in [0.2, 0.25) is 0 Å². The van der Waals surface area contributed by atoms with E-state index < -0.39 is 0 Å². The fourth-order valence-electron chi connectivity index (χ4n) is 1.83. The van der Waals surface area contributed by atoms with Gasteiger partial charge in [-0.2, -0.15) is 0 Å². The van der Waals surface area contributed by atoms with Crippen LogP contribution in [0.3, 0.4) is 0 Å². The largest absolute Gasteiger partial charge is 0.312 e. The number of hydrogen-bond donors (Lipinski definition) is 1. The zero-order valence-corrected chi connectivity index (χ0v) is 12.6. The standard InChI is InChI=1S/C15H14Cl3N/c16-13-3-1-2-11(8-13)10-19-7-6-12-4-5-14(17)9-15(12)18/h1-5,8-9,19H,6-7,10H2. The van der Waals surface area contributed by atoms with Crippen LogP contribution in [0.15, 0.2) is 42.5 Å². The molecule has 0 saturated heterocycles. The van der Waals surface area contributed by atoms with Crippen molar-refractivity contribution in [3.05, 3.63) is 68.7 Å². The summed E-state index contributed by atoms with van der Waals surface area (Å²) in [4.78, 5) is 0. The lowest BCUT2D eigenvalue weighted by Gasteiger charge is -2.07. The highest BCUT2D eigenvalue weighted by Crippen LogP contribution is 2.21. The second-order valence-electron chi connectivity index (χ2n) is 4.29. The molecule has 0 spiro atoms. The topological polar surface area (TPSA) is 12.0 Å². The molecule has 2 aromatic carbocycles. The van der Waals surface area contributed by atoms with Gasteiger partial charge >= 0.3 is 0 Å². The van der Waals surface area contributed by atoms with Crippen LogP contribution in [-0.4, -0.2) is 6.54 Å². The molecule has 0 unspecified atom stereocenters. The maximum atomic E-state index is 6.12. The fraction of sp³-hybridized carbons (Fsp3) is 0.200. The van der Waals surface area contributed by atoms with Gasteiger partial charge in [-0.1, -0.05) is 53.0 Å². The Morgan fingerprint density at radius 3 is 2.42 bits per heavy atom. The van der Waals surface area contributed by atoms with Crippen LogP contribution in [-0.2, 0) is 13.0 Å². The van der Waals surface area contributed by atoms with E-state index in [9.17, 15) is 0 Å². The molecule has 19 heavy (non-hydrogen) atoms. The maximum absolute atomic E-state index is 6.12. The molecule has 0 atom stereocenters. The monoisotopic (exact) mass is 313 g/mol. The minimum Gasteiger partial charge on any atom is -0.312 e. The van der Waals surface area contributed by atoms with Crippen LogP contribution in [0, 0.1) is 0 Å². The SMILES string of the molecule is Clc1cccc(CNCCc2ccc(Cl)cc2Cl)c1. The van der Waals surface area contributed by atoms with Gasteiger partial charge in [0.15, 0.2) is 0 Å². The lowest BCUT2D eigenvalue weighted by molar-refractivity contribution is 0.687. The average Bonchev–Trinajstić information content (AvgIpc) is 2.37. The van der Waals surface area contributed by atoms with Crippen LogP contribution in [0.2, 0.25) is 15.1 Å². The van der Waals surface area contributed by atoms with Gasteiger partial charge in [0.25, 0.3) is 0 Å². The predicted octanol–water partition coefficient (Wildman–Crippen LogP) is 4.98. The van der Waals surface area contributed by atoms with E-state index in [0.717, 1.165) is 35.1 Å². The van der Waals surface area contributed by atoms with Crippen molar-refractivity contribution in [2.24, 2.45) is 0 Å². The summed E-state index contributed by atoms with van der Waals surface area (Å²) >= 11 is 17.9. The first-order valence-electron chi connectivity index (χ1n) is 6.04. The van der Waals surface area contributed by atoms with Gasteiger partial charge < -0.3 is 5.32 Å². The van der Waals surface area contributed by atoms with Crippen LogP contribution in [0.5, 0.6) is 0 Å². The fourth-order valence-corrected chi connectivity index (χ4v) is 2.54. The van der Waals surface area contributed by atoms with E-state index in [1.165, 1.54) is 5.56 Å². The van der Waals surface area contributed by atoms with Gasteiger partial charge in [-0.3, -0.25) is 0 Å². The van der Waals surface area contributed by atoms with Gasteiger partial charge in [-0.05, 0) is 48.4 Å². The van der Waals surface area contributed by atoms with Gasteiger partial charge in [0.1, 0.15) is 0 Å². The third-order valence-corrected chi connectivity index (χ3v) is 3.63. The van der Waals surface area contributed by atoms with Crippen LogP contribution in [0.1, 0.15) is 11.1 Å². The van der Waals surface area contributed by atoms with Gasteiger partial charge in [0, 0.05) is 21.6 Å². The van der Waals surface area contributed by atoms with Gasteiger partial charge in [-0.25, -0.2) is 0 Å². The van der Waals surface area contributed by atoms with E-state index in [-0.39, 0.29) is 0 Å². The normalized spacial score (nSPS) is 10.7. The van der Waals surface area contributed by atoms with Crippen molar-refractivity contribution in [2.75, 3.05) is 6.54 Å². The highest BCUT2D eigenvalue weighted by Gasteiger charge is 2.01. The van der Waals surface area contributed by atoms with E-state index in [0.29, 0.717) is 5.02 Å². The van der Waals surface area contributed by atoms with Crippen molar-refractivity contribution in [3.63, 3.8) is 0 Å². The minimum absolute atomic E-state index is 0.667. The predicted molar refractivity (Wildman–Crippen MR) is 83.3 cm³/mol. The van der Waals surface area contributed by atoms with Crippen molar-refractivity contribution >= 4 is 34.8 Å². The summed E-state index contributed by atoms with van der Waals surface area (Å²) < 4.78 is 0. The molecule has 0 aliphatic rings. The van der Waals surface area contributed by atoms with Crippen molar-refractivity contribution in [3.8, 4) is 0 Å². The zero-order valence-electron chi connectivity index (χ0n) is 10.3. The highest BCUT2D eigenvalue weighted by molar-refractivity contribution is 6.35. The molecular weight excluding hydrogens is 301 g/mol. The van der Waals surface area contributed by atoms with Crippen molar-refractivity contribution in [1.29, 1.82) is 0 Å². The molecule has 0 bridgehead atoms. The van der Waals surface area contributed by atoms with Crippen LogP contribution >= 0.6 is 34.8 Å². The summed E-state index contributed by atoms with van der Waals surface area (Å²) in [5.41, 5.74) is 2.28. The van der Waals surface area contributed by atoms with E-state index in [1.54, 1.807) is 6.07 Å². The Hall–Kier alpha value is -0.730. The van der Waals surface area contributed by atoms with Crippen LogP contribution < -0.4 is 5.32 Å². The summed E-state index contributed by atoms with van der Waals surface area (Å²) in [6.07, 6.45) is 0.872. The van der Waals surface area contributed by atoms with Crippen LogP contribution in [0.25, 0.3) is 0 Å². The summed E-state index contributed by atoms with van der Waals surface area (Å²) in [6.45, 7) is 1.65. The minimum atomic E-state index is 0.667. The zero-order chi connectivity index (χ0) is 13.7. The van der Waals surface area contributed by atoms with E-state index in [2.05, 4.69) is 5.32 Å². The molecule has 0 heterocycles. The lowest BCUT2D eigenvalue weighted by Crippen LogP contribution is -2.16. The van der Waals surface area contributed by atoms with Crippen molar-refractivity contribution < 1.29 is 0 Å². The van der Waals surface area contributed by atoms with Gasteiger partial charge in [-0.15, -0.1) is 0 Å². The molecule has 0 amide bonds. The molecule has 4 heteroatoms. The number of nitrogens with one attached hydrogen (secondary N) is 1. The maximum Gasteiger partial charge on any atom is 0.0453 e. The quantitative estimate of drug-likeness (QED) is 0.768. The Balaban J connectivity index is 1.81. The average molecular weight is 315 g/mol. The molecule has 0 aliphatic heterocycles. The molecule has 1 N–H and O–H groups in total. The van der Waals surface area contributed by atoms with Crippen LogP contribution in [0.4, 0.5) is 0 Å².